The molecule has 0 radical (unpaired) electrons. The molecule has 3 aromatic rings. The van der Waals surface area contributed by atoms with Crippen molar-refractivity contribution in [3.05, 3.63) is 108 Å². The van der Waals surface area contributed by atoms with E-state index in [1.807, 2.05) is 120 Å². The summed E-state index contributed by atoms with van der Waals surface area (Å²) in [5.74, 6) is 0. The Labute approximate surface area is 322 Å². The van der Waals surface area contributed by atoms with Crippen LogP contribution in [0.2, 0.25) is 0 Å². The number of hydrogen-bond donors (Lipinski definition) is 3. The monoisotopic (exact) mass is 746 g/mol. The second-order valence-electron chi connectivity index (χ2n) is 16.5. The molecule has 11 nitrogen and oxygen atoms in total. The number of likely N-dealkylation sites (tertiary alicyclic amines) is 1. The molecule has 2 aliphatic rings. The Balaban J connectivity index is 0.000000220. The molecular formula is C43H62N4O7. The van der Waals surface area contributed by atoms with Crippen molar-refractivity contribution in [1.29, 1.82) is 0 Å². The van der Waals surface area contributed by atoms with Crippen molar-refractivity contribution in [2.75, 3.05) is 32.8 Å². The lowest BCUT2D eigenvalue weighted by atomic mass is 10.1. The average molecular weight is 747 g/mol. The Morgan fingerprint density at radius 3 is 1.48 bits per heavy atom. The standard InChI is InChI=1S/C17H26N2O2.C13H19NO3.C13H17NO2/c1-17(2,3)21-16(20)18-15(13-19-11-7-8-12-19)14-9-5-4-6-10-14;1-13(2,3)17-12(16)14-11(9-15)10-7-5-4-6-8-10;1-13(2,3)16-12(15)14-9-11(14)10-7-5-4-6-8-10/h4-6,9-10,15H,7-8,11-13H2,1-3H3,(H,18,20);4-8,11,15H,9H2,1-3H3,(H,14,16);4-8,11H,9H2,1-3H3/t15-;11-;11-,14?/m111/s1. The minimum absolute atomic E-state index is 0.0286. The van der Waals surface area contributed by atoms with Crippen molar-refractivity contribution < 1.29 is 33.7 Å². The number of benzene rings is 3. The zero-order chi connectivity index (χ0) is 39.9. The van der Waals surface area contributed by atoms with E-state index < -0.39 is 28.9 Å². The van der Waals surface area contributed by atoms with Gasteiger partial charge in [-0.15, -0.1) is 0 Å². The fourth-order valence-electron chi connectivity index (χ4n) is 5.58. The molecule has 11 heteroatoms. The van der Waals surface area contributed by atoms with Gasteiger partial charge in [0.25, 0.3) is 0 Å². The van der Waals surface area contributed by atoms with Gasteiger partial charge in [-0.05, 0) is 105 Å². The number of aliphatic hydroxyl groups is 1. The number of carbonyl (C=O) groups excluding carboxylic acids is 3. The van der Waals surface area contributed by atoms with E-state index in [1.165, 1.54) is 18.4 Å². The van der Waals surface area contributed by atoms with E-state index in [0.717, 1.165) is 37.3 Å². The third-order valence-electron chi connectivity index (χ3n) is 8.03. The van der Waals surface area contributed by atoms with E-state index >= 15 is 0 Å². The van der Waals surface area contributed by atoms with Crippen LogP contribution in [0, 0.1) is 0 Å². The Morgan fingerprint density at radius 1 is 0.648 bits per heavy atom. The van der Waals surface area contributed by atoms with E-state index in [1.54, 1.807) is 25.7 Å². The molecule has 54 heavy (non-hydrogen) atoms. The largest absolute Gasteiger partial charge is 0.444 e. The smallest absolute Gasteiger partial charge is 0.410 e. The number of aliphatic hydroxyl groups excluding tert-OH is 1. The Kier molecular flexibility index (Phi) is 16.4. The number of nitrogens with zero attached hydrogens (tertiary/aromatic N) is 2. The SMILES string of the molecule is CC(C)(C)OC(=O)N1C[C@@H]1c1ccccc1.CC(C)(C)OC(=O)N[C@H](CN1CCCC1)c1ccccc1.CC(C)(C)OC(=O)N[C@H](CO)c1ccccc1. The summed E-state index contributed by atoms with van der Waals surface area (Å²) in [4.78, 5) is 39.5. The molecule has 0 aliphatic carbocycles. The van der Waals surface area contributed by atoms with Gasteiger partial charge in [-0.25, -0.2) is 14.4 Å². The highest BCUT2D eigenvalue weighted by atomic mass is 16.6. The van der Waals surface area contributed by atoms with Crippen molar-refractivity contribution in [3.8, 4) is 0 Å². The van der Waals surface area contributed by atoms with Gasteiger partial charge in [-0.2, -0.15) is 0 Å². The topological polar surface area (TPSA) is 129 Å². The van der Waals surface area contributed by atoms with Crippen LogP contribution in [-0.4, -0.2) is 82.8 Å². The minimum Gasteiger partial charge on any atom is -0.444 e. The molecule has 3 amide bonds. The number of alkyl carbamates (subject to hydrolysis) is 2. The number of carbonyl (C=O) groups is 3. The van der Waals surface area contributed by atoms with E-state index in [2.05, 4.69) is 27.7 Å². The summed E-state index contributed by atoms with van der Waals surface area (Å²) in [6.07, 6.45) is 1.39. The second-order valence-corrected chi connectivity index (χ2v) is 16.5. The lowest BCUT2D eigenvalue weighted by molar-refractivity contribution is 0.0404. The summed E-state index contributed by atoms with van der Waals surface area (Å²) >= 11 is 0. The summed E-state index contributed by atoms with van der Waals surface area (Å²) in [7, 11) is 0. The quantitative estimate of drug-likeness (QED) is 0.155. The van der Waals surface area contributed by atoms with Crippen molar-refractivity contribution in [2.24, 2.45) is 0 Å². The number of amides is 3. The molecule has 2 saturated heterocycles. The normalized spacial score (nSPS) is 16.6. The molecule has 296 valence electrons. The summed E-state index contributed by atoms with van der Waals surface area (Å²) in [6, 6.07) is 29.1. The van der Waals surface area contributed by atoms with Crippen LogP contribution < -0.4 is 10.6 Å². The zero-order valence-electron chi connectivity index (χ0n) is 33.6. The van der Waals surface area contributed by atoms with Gasteiger partial charge < -0.3 is 34.9 Å². The third kappa shape index (κ3) is 17.0. The molecule has 5 rings (SSSR count). The first kappa shape index (κ1) is 43.8. The lowest BCUT2D eigenvalue weighted by Gasteiger charge is -2.27. The minimum atomic E-state index is -0.541. The number of rotatable bonds is 8. The Hall–Kier alpha value is -4.61. The highest BCUT2D eigenvalue weighted by Gasteiger charge is 2.42. The Bertz CT molecular complexity index is 1560. The van der Waals surface area contributed by atoms with Crippen molar-refractivity contribution >= 4 is 18.3 Å². The fourth-order valence-corrected chi connectivity index (χ4v) is 5.58. The Morgan fingerprint density at radius 2 is 1.06 bits per heavy atom. The van der Waals surface area contributed by atoms with Crippen LogP contribution in [-0.2, 0) is 14.2 Å². The molecular weight excluding hydrogens is 684 g/mol. The zero-order valence-corrected chi connectivity index (χ0v) is 33.6. The summed E-state index contributed by atoms with van der Waals surface area (Å²) in [5.41, 5.74) is 1.71. The van der Waals surface area contributed by atoms with Gasteiger partial charge in [0.15, 0.2) is 0 Å². The molecule has 2 fully saturated rings. The first-order valence-electron chi connectivity index (χ1n) is 18.8. The molecule has 0 aromatic heterocycles. The van der Waals surface area contributed by atoms with Gasteiger partial charge in [-0.3, -0.25) is 4.90 Å². The van der Waals surface area contributed by atoms with Gasteiger partial charge in [0.1, 0.15) is 16.8 Å². The van der Waals surface area contributed by atoms with Crippen molar-refractivity contribution in [1.82, 2.24) is 20.4 Å². The van der Waals surface area contributed by atoms with Crippen LogP contribution in [0.15, 0.2) is 91.0 Å². The predicted molar refractivity (Wildman–Crippen MR) is 212 cm³/mol. The van der Waals surface area contributed by atoms with Crippen LogP contribution in [0.4, 0.5) is 14.4 Å². The van der Waals surface area contributed by atoms with Crippen LogP contribution in [0.25, 0.3) is 0 Å². The second kappa shape index (κ2) is 20.2. The van der Waals surface area contributed by atoms with E-state index in [-0.39, 0.29) is 30.9 Å². The number of nitrogens with one attached hydrogen (secondary N) is 2. The fraction of sp³-hybridized carbons (Fsp3) is 0.512. The van der Waals surface area contributed by atoms with Gasteiger partial charge in [0.05, 0.1) is 24.7 Å². The van der Waals surface area contributed by atoms with E-state index in [0.29, 0.717) is 0 Å². The van der Waals surface area contributed by atoms with Crippen LogP contribution in [0.3, 0.4) is 0 Å². The molecule has 3 N–H and O–H groups in total. The van der Waals surface area contributed by atoms with E-state index in [4.69, 9.17) is 14.2 Å². The maximum absolute atomic E-state index is 12.1. The summed E-state index contributed by atoms with van der Waals surface area (Å²) in [5, 5.41) is 14.9. The summed E-state index contributed by atoms with van der Waals surface area (Å²) in [6.45, 7) is 20.3. The van der Waals surface area contributed by atoms with Gasteiger partial charge >= 0.3 is 18.3 Å². The van der Waals surface area contributed by atoms with Crippen molar-refractivity contribution in [2.45, 2.75) is 110 Å². The molecule has 2 aliphatic heterocycles. The highest BCUT2D eigenvalue weighted by molar-refractivity contribution is 5.72. The first-order chi connectivity index (χ1) is 25.3. The molecule has 3 aromatic carbocycles. The number of hydrogen-bond acceptors (Lipinski definition) is 8. The molecule has 3 atom stereocenters. The molecule has 0 unspecified atom stereocenters. The third-order valence-corrected chi connectivity index (χ3v) is 8.03. The van der Waals surface area contributed by atoms with Crippen LogP contribution in [0.1, 0.15) is 110 Å². The van der Waals surface area contributed by atoms with Crippen LogP contribution in [0.5, 0.6) is 0 Å². The molecule has 0 spiro atoms. The maximum atomic E-state index is 12.1. The lowest BCUT2D eigenvalue weighted by Crippen LogP contribution is -2.39. The maximum Gasteiger partial charge on any atom is 0.410 e. The molecule has 0 saturated carbocycles. The first-order valence-corrected chi connectivity index (χ1v) is 18.8. The average Bonchev–Trinajstić information content (AvgIpc) is 3.74. The van der Waals surface area contributed by atoms with Crippen molar-refractivity contribution in [3.63, 3.8) is 0 Å². The predicted octanol–water partition coefficient (Wildman–Crippen LogP) is 8.57. The number of ether oxygens (including phenoxy) is 3. The van der Waals surface area contributed by atoms with Gasteiger partial charge in [-0.1, -0.05) is 91.0 Å². The highest BCUT2D eigenvalue weighted by Crippen LogP contribution is 2.35. The molecule has 2 heterocycles. The van der Waals surface area contributed by atoms with E-state index in [9.17, 15) is 19.5 Å². The summed E-state index contributed by atoms with van der Waals surface area (Å²) < 4.78 is 15.8. The molecule has 0 bridgehead atoms. The van der Waals surface area contributed by atoms with Crippen LogP contribution >= 0.6 is 0 Å². The van der Waals surface area contributed by atoms with Gasteiger partial charge in [0.2, 0.25) is 0 Å². The van der Waals surface area contributed by atoms with Gasteiger partial charge in [0, 0.05) is 13.1 Å².